The monoisotopic (exact) mass is 521 g/mol. The lowest BCUT2D eigenvalue weighted by atomic mass is 9.98. The van der Waals surface area contributed by atoms with Gasteiger partial charge >= 0.3 is 6.18 Å². The fraction of sp³-hybridized carbons (Fsp3) is 0.217. The highest BCUT2D eigenvalue weighted by molar-refractivity contribution is 7.89. The summed E-state index contributed by atoms with van der Waals surface area (Å²) in [7, 11) is -4.13. The van der Waals surface area contributed by atoms with Gasteiger partial charge in [0.1, 0.15) is 11.6 Å². The highest BCUT2D eigenvalue weighted by Gasteiger charge is 2.38. The van der Waals surface area contributed by atoms with Gasteiger partial charge in [-0.05, 0) is 42.0 Å². The van der Waals surface area contributed by atoms with Crippen LogP contribution in [0, 0.1) is 5.82 Å². The fourth-order valence-corrected chi connectivity index (χ4v) is 4.46. The smallest absolute Gasteiger partial charge is 0.355 e. The molecule has 1 fully saturated rings. The van der Waals surface area contributed by atoms with E-state index >= 15 is 0 Å². The van der Waals surface area contributed by atoms with Crippen molar-refractivity contribution in [2.75, 3.05) is 18.0 Å². The highest BCUT2D eigenvalue weighted by Crippen LogP contribution is 2.41. The minimum atomic E-state index is -4.90. The molecule has 13 heteroatoms. The van der Waals surface area contributed by atoms with Crippen LogP contribution in [0.5, 0.6) is 0 Å². The Morgan fingerprint density at radius 2 is 1.67 bits per heavy atom. The van der Waals surface area contributed by atoms with Crippen LogP contribution in [0.1, 0.15) is 18.7 Å². The summed E-state index contributed by atoms with van der Waals surface area (Å²) >= 11 is 0. The topological polar surface area (TPSA) is 119 Å². The number of halogens is 4. The molecule has 1 aliphatic heterocycles. The van der Waals surface area contributed by atoms with E-state index in [1.807, 2.05) is 0 Å². The number of alkyl halides is 3. The molecule has 4 rings (SSSR count). The number of aliphatic imine (C=N–C) groups is 1. The first kappa shape index (κ1) is 25.4. The van der Waals surface area contributed by atoms with Crippen LogP contribution >= 0.6 is 0 Å². The van der Waals surface area contributed by atoms with E-state index in [4.69, 9.17) is 5.14 Å². The molecular weight excluding hydrogens is 502 g/mol. The van der Waals surface area contributed by atoms with Gasteiger partial charge in [0.15, 0.2) is 0 Å². The van der Waals surface area contributed by atoms with Crippen molar-refractivity contribution >= 4 is 28.0 Å². The standard InChI is InChI=1S/C23H19F4N5O3S/c24-16-6-4-14(5-7-16)20-19(15-2-1-3-18(12-15)36(28,34)35)21(31-22(30-20)23(25,26)27)32-10-8-17(9-11-32)29-13-33/h1-7,12-13H,8-11H2,(H2,28,34,35). The van der Waals surface area contributed by atoms with Crippen LogP contribution in [-0.4, -0.2) is 43.6 Å². The summed E-state index contributed by atoms with van der Waals surface area (Å²) in [6.45, 7) is 0.400. The third kappa shape index (κ3) is 5.41. The summed E-state index contributed by atoms with van der Waals surface area (Å²) in [4.78, 5) is 23.4. The summed E-state index contributed by atoms with van der Waals surface area (Å²) in [5.41, 5.74) is 0.934. The van der Waals surface area contributed by atoms with Crippen molar-refractivity contribution < 1.29 is 30.8 Å². The Hall–Kier alpha value is -3.71. The molecule has 8 nitrogen and oxygen atoms in total. The molecule has 0 atom stereocenters. The van der Waals surface area contributed by atoms with Crippen LogP contribution in [0.2, 0.25) is 0 Å². The molecule has 2 aromatic carbocycles. The molecule has 1 aromatic heterocycles. The zero-order valence-electron chi connectivity index (χ0n) is 18.5. The normalized spacial score (nSPS) is 14.6. The SMILES string of the molecule is NS(=O)(=O)c1cccc(-c2c(-c3ccc(F)cc3)nc(C(F)(F)F)nc2N2CCC(=NC=O)CC2)c1. The third-order valence-electron chi connectivity index (χ3n) is 5.59. The van der Waals surface area contributed by atoms with Crippen molar-refractivity contribution in [1.29, 1.82) is 0 Å². The predicted octanol–water partition coefficient (Wildman–Crippen LogP) is 3.81. The molecule has 1 saturated heterocycles. The minimum Gasteiger partial charge on any atom is -0.355 e. The Bertz CT molecular complexity index is 1430. The maximum absolute atomic E-state index is 13.9. The fourth-order valence-electron chi connectivity index (χ4n) is 3.90. The number of primary sulfonamides is 1. The van der Waals surface area contributed by atoms with Gasteiger partial charge in [0.2, 0.25) is 22.3 Å². The maximum Gasteiger partial charge on any atom is 0.451 e. The minimum absolute atomic E-state index is 0.0895. The number of amides is 1. The zero-order valence-corrected chi connectivity index (χ0v) is 19.4. The molecule has 0 spiro atoms. The highest BCUT2D eigenvalue weighted by atomic mass is 32.2. The second-order valence-corrected chi connectivity index (χ2v) is 9.52. The number of anilines is 1. The number of sulfonamides is 1. The van der Waals surface area contributed by atoms with E-state index in [-0.39, 0.29) is 46.2 Å². The van der Waals surface area contributed by atoms with E-state index in [1.54, 1.807) is 4.90 Å². The lowest BCUT2D eigenvalue weighted by molar-refractivity contribution is -0.144. The molecule has 1 amide bonds. The first-order valence-corrected chi connectivity index (χ1v) is 12.1. The molecule has 2 N–H and O–H groups in total. The number of hydrogen-bond acceptors (Lipinski definition) is 6. The van der Waals surface area contributed by atoms with E-state index in [1.165, 1.54) is 36.4 Å². The molecule has 0 radical (unpaired) electrons. The quantitative estimate of drug-likeness (QED) is 0.403. The van der Waals surface area contributed by atoms with Gasteiger partial charge in [-0.3, -0.25) is 4.79 Å². The van der Waals surface area contributed by atoms with E-state index in [2.05, 4.69) is 15.0 Å². The Labute approximate surface area is 203 Å². The predicted molar refractivity (Wildman–Crippen MR) is 124 cm³/mol. The molecule has 3 aromatic rings. The second-order valence-electron chi connectivity index (χ2n) is 7.96. The molecule has 1 aliphatic rings. The maximum atomic E-state index is 13.9. The van der Waals surface area contributed by atoms with Crippen molar-refractivity contribution in [3.05, 3.63) is 60.2 Å². The second kappa shape index (κ2) is 9.74. The lowest BCUT2D eigenvalue weighted by Gasteiger charge is -2.31. The summed E-state index contributed by atoms with van der Waals surface area (Å²) in [5.74, 6) is -2.09. The van der Waals surface area contributed by atoms with Crippen molar-refractivity contribution in [2.24, 2.45) is 10.1 Å². The lowest BCUT2D eigenvalue weighted by Crippen LogP contribution is -2.35. The summed E-state index contributed by atoms with van der Waals surface area (Å²) in [6, 6.07) is 10.1. The summed E-state index contributed by atoms with van der Waals surface area (Å²) < 4.78 is 79.1. The van der Waals surface area contributed by atoms with Crippen LogP contribution in [0.4, 0.5) is 23.4 Å². The average molecular weight is 521 g/mol. The van der Waals surface area contributed by atoms with Crippen LogP contribution in [0.25, 0.3) is 22.4 Å². The van der Waals surface area contributed by atoms with Gasteiger partial charge in [0, 0.05) is 37.2 Å². The van der Waals surface area contributed by atoms with Gasteiger partial charge in [-0.2, -0.15) is 13.2 Å². The molecule has 0 aliphatic carbocycles. The molecule has 0 unspecified atom stereocenters. The summed E-state index contributed by atoms with van der Waals surface area (Å²) in [6.07, 6.45) is -3.86. The number of benzene rings is 2. The number of nitrogens with zero attached hydrogens (tertiary/aromatic N) is 4. The first-order valence-electron chi connectivity index (χ1n) is 10.6. The number of aromatic nitrogens is 2. The van der Waals surface area contributed by atoms with Crippen LogP contribution in [-0.2, 0) is 21.0 Å². The van der Waals surface area contributed by atoms with E-state index in [0.29, 0.717) is 25.0 Å². The largest absolute Gasteiger partial charge is 0.451 e. The number of nitrogens with two attached hydrogens (primary N) is 1. The van der Waals surface area contributed by atoms with E-state index < -0.39 is 27.8 Å². The number of carbonyl (C=O) groups excluding carboxylic acids is 1. The van der Waals surface area contributed by atoms with Crippen LogP contribution in [0.3, 0.4) is 0 Å². The number of piperidine rings is 1. The number of hydrogen-bond donors (Lipinski definition) is 1. The van der Waals surface area contributed by atoms with Crippen molar-refractivity contribution in [3.63, 3.8) is 0 Å². The number of carbonyl (C=O) groups is 1. The van der Waals surface area contributed by atoms with Gasteiger partial charge < -0.3 is 4.90 Å². The zero-order chi connectivity index (χ0) is 26.1. The van der Waals surface area contributed by atoms with Gasteiger partial charge in [0.25, 0.3) is 0 Å². The Morgan fingerprint density at radius 1 is 1.00 bits per heavy atom. The molecule has 36 heavy (non-hydrogen) atoms. The first-order chi connectivity index (χ1) is 17.0. The Morgan fingerprint density at radius 3 is 2.25 bits per heavy atom. The summed E-state index contributed by atoms with van der Waals surface area (Å²) in [5, 5.41) is 5.27. The van der Waals surface area contributed by atoms with Crippen LogP contribution in [0.15, 0.2) is 58.4 Å². The van der Waals surface area contributed by atoms with Crippen molar-refractivity contribution in [1.82, 2.24) is 9.97 Å². The molecule has 0 bridgehead atoms. The van der Waals surface area contributed by atoms with Gasteiger partial charge in [-0.25, -0.2) is 32.9 Å². The van der Waals surface area contributed by atoms with Crippen molar-refractivity contribution in [2.45, 2.75) is 23.9 Å². The molecule has 188 valence electrons. The van der Waals surface area contributed by atoms with E-state index in [0.717, 1.165) is 12.1 Å². The number of rotatable bonds is 5. The van der Waals surface area contributed by atoms with E-state index in [9.17, 15) is 30.8 Å². The van der Waals surface area contributed by atoms with Crippen molar-refractivity contribution in [3.8, 4) is 22.4 Å². The van der Waals surface area contributed by atoms with Crippen LogP contribution < -0.4 is 10.0 Å². The average Bonchev–Trinajstić information content (AvgIpc) is 2.83. The molecule has 0 saturated carbocycles. The Kier molecular flexibility index (Phi) is 6.87. The molecule has 2 heterocycles. The van der Waals surface area contributed by atoms with Gasteiger partial charge in [-0.1, -0.05) is 12.1 Å². The van der Waals surface area contributed by atoms with Gasteiger partial charge in [0.05, 0.1) is 16.2 Å². The Balaban J connectivity index is 2.01. The third-order valence-corrected chi connectivity index (χ3v) is 6.50. The van der Waals surface area contributed by atoms with Gasteiger partial charge in [-0.15, -0.1) is 0 Å². The molecular formula is C23H19F4N5O3S.